The smallest absolute Gasteiger partial charge is 0.310 e. The van der Waals surface area contributed by atoms with Gasteiger partial charge in [0.2, 0.25) is 0 Å². The van der Waals surface area contributed by atoms with Gasteiger partial charge in [-0.1, -0.05) is 0 Å². The Morgan fingerprint density at radius 3 is 2.67 bits per heavy atom. The summed E-state index contributed by atoms with van der Waals surface area (Å²) in [7, 11) is 0. The standard InChI is InChI=1S/C13H13F2NO2/c1-3-18-12(17)6-9-5-10(13(14)15)4-8(2)11(9)7-16/h4-5,13H,3,6H2,1-2H3. The molecule has 96 valence electrons. The van der Waals surface area contributed by atoms with Crippen molar-refractivity contribution >= 4 is 5.97 Å². The molecule has 0 atom stereocenters. The normalized spacial score (nSPS) is 10.2. The van der Waals surface area contributed by atoms with Crippen molar-refractivity contribution < 1.29 is 18.3 Å². The number of aryl methyl sites for hydroxylation is 1. The summed E-state index contributed by atoms with van der Waals surface area (Å²) in [4.78, 5) is 11.4. The molecule has 3 nitrogen and oxygen atoms in total. The van der Waals surface area contributed by atoms with Gasteiger partial charge in [-0.15, -0.1) is 0 Å². The highest BCUT2D eigenvalue weighted by Crippen LogP contribution is 2.25. The van der Waals surface area contributed by atoms with E-state index in [2.05, 4.69) is 0 Å². The Morgan fingerprint density at radius 2 is 2.17 bits per heavy atom. The Balaban J connectivity index is 3.15. The van der Waals surface area contributed by atoms with Crippen LogP contribution < -0.4 is 0 Å². The van der Waals surface area contributed by atoms with Crippen molar-refractivity contribution in [3.05, 3.63) is 34.4 Å². The zero-order valence-electron chi connectivity index (χ0n) is 10.2. The molecule has 18 heavy (non-hydrogen) atoms. The summed E-state index contributed by atoms with van der Waals surface area (Å²) in [5, 5.41) is 8.98. The summed E-state index contributed by atoms with van der Waals surface area (Å²) < 4.78 is 30.0. The number of nitrogens with zero attached hydrogens (tertiary/aromatic N) is 1. The fourth-order valence-electron chi connectivity index (χ4n) is 1.68. The van der Waals surface area contributed by atoms with E-state index in [1.54, 1.807) is 13.8 Å². The average molecular weight is 253 g/mol. The van der Waals surface area contributed by atoms with Crippen LogP contribution in [0.25, 0.3) is 0 Å². The van der Waals surface area contributed by atoms with Gasteiger partial charge in [-0.25, -0.2) is 8.78 Å². The second-order valence-electron chi connectivity index (χ2n) is 3.77. The van der Waals surface area contributed by atoms with Crippen LogP contribution in [0, 0.1) is 18.3 Å². The van der Waals surface area contributed by atoms with Crippen LogP contribution in [0.3, 0.4) is 0 Å². The average Bonchev–Trinajstić information content (AvgIpc) is 2.28. The Bertz CT molecular complexity index is 492. The van der Waals surface area contributed by atoms with Crippen LogP contribution in [0.5, 0.6) is 0 Å². The quantitative estimate of drug-likeness (QED) is 0.775. The van der Waals surface area contributed by atoms with Gasteiger partial charge in [-0.05, 0) is 37.1 Å². The number of alkyl halides is 2. The lowest BCUT2D eigenvalue weighted by Gasteiger charge is -2.09. The van der Waals surface area contributed by atoms with Gasteiger partial charge in [-0.3, -0.25) is 4.79 Å². The predicted molar refractivity (Wildman–Crippen MR) is 61.2 cm³/mol. The number of nitriles is 1. The van der Waals surface area contributed by atoms with Gasteiger partial charge in [-0.2, -0.15) is 5.26 Å². The van der Waals surface area contributed by atoms with Gasteiger partial charge < -0.3 is 4.74 Å². The first-order valence-electron chi connectivity index (χ1n) is 5.46. The molecule has 0 aliphatic rings. The van der Waals surface area contributed by atoms with Crippen LogP contribution in [0.2, 0.25) is 0 Å². The number of rotatable bonds is 4. The lowest BCUT2D eigenvalue weighted by atomic mass is 9.97. The largest absolute Gasteiger partial charge is 0.466 e. The van der Waals surface area contributed by atoms with E-state index in [1.165, 1.54) is 12.1 Å². The third kappa shape index (κ3) is 3.27. The molecule has 0 fully saturated rings. The minimum absolute atomic E-state index is 0.169. The molecule has 0 heterocycles. The van der Waals surface area contributed by atoms with Crippen molar-refractivity contribution in [1.29, 1.82) is 5.26 Å². The second kappa shape index (κ2) is 6.10. The lowest BCUT2D eigenvalue weighted by molar-refractivity contribution is -0.142. The Kier molecular flexibility index (Phi) is 4.78. The first kappa shape index (κ1) is 14.1. The van der Waals surface area contributed by atoms with E-state index in [9.17, 15) is 13.6 Å². The number of hydrogen-bond donors (Lipinski definition) is 0. The van der Waals surface area contributed by atoms with Crippen molar-refractivity contribution in [2.75, 3.05) is 6.61 Å². The van der Waals surface area contributed by atoms with Crippen LogP contribution in [0.1, 0.15) is 35.6 Å². The van der Waals surface area contributed by atoms with E-state index < -0.39 is 12.4 Å². The molecule has 1 aromatic carbocycles. The first-order valence-corrected chi connectivity index (χ1v) is 5.46. The number of esters is 1. The maximum Gasteiger partial charge on any atom is 0.310 e. The maximum atomic E-state index is 12.6. The van der Waals surface area contributed by atoms with Crippen molar-refractivity contribution in [1.82, 2.24) is 0 Å². The molecule has 1 rings (SSSR count). The maximum absolute atomic E-state index is 12.6. The molecule has 0 saturated carbocycles. The van der Waals surface area contributed by atoms with Gasteiger partial charge in [0.25, 0.3) is 6.43 Å². The number of carbonyl (C=O) groups excluding carboxylic acids is 1. The molecule has 0 unspecified atom stereocenters. The molecule has 0 N–H and O–H groups in total. The Labute approximate surface area is 104 Å². The van der Waals surface area contributed by atoms with E-state index in [1.807, 2.05) is 6.07 Å². The minimum Gasteiger partial charge on any atom is -0.466 e. The number of carbonyl (C=O) groups is 1. The summed E-state index contributed by atoms with van der Waals surface area (Å²) in [5.74, 6) is -0.528. The van der Waals surface area contributed by atoms with Gasteiger partial charge in [0.1, 0.15) is 0 Å². The number of benzene rings is 1. The summed E-state index contributed by atoms with van der Waals surface area (Å²) in [6.45, 7) is 3.44. The molecule has 0 bridgehead atoms. The van der Waals surface area contributed by atoms with Crippen LogP contribution in [-0.4, -0.2) is 12.6 Å². The zero-order chi connectivity index (χ0) is 13.7. The lowest BCUT2D eigenvalue weighted by Crippen LogP contribution is -2.10. The molecular weight excluding hydrogens is 240 g/mol. The topological polar surface area (TPSA) is 50.1 Å². The van der Waals surface area contributed by atoms with Gasteiger partial charge in [0, 0.05) is 5.56 Å². The molecule has 0 saturated heterocycles. The molecule has 0 spiro atoms. The Morgan fingerprint density at radius 1 is 1.50 bits per heavy atom. The number of halogens is 2. The third-order valence-corrected chi connectivity index (χ3v) is 2.44. The van der Waals surface area contributed by atoms with Crippen molar-refractivity contribution in [2.24, 2.45) is 0 Å². The van der Waals surface area contributed by atoms with Crippen molar-refractivity contribution in [3.8, 4) is 6.07 Å². The number of ether oxygens (including phenoxy) is 1. The van der Waals surface area contributed by atoms with E-state index in [0.29, 0.717) is 5.56 Å². The third-order valence-electron chi connectivity index (χ3n) is 2.44. The SMILES string of the molecule is CCOC(=O)Cc1cc(C(F)F)cc(C)c1C#N. The first-order chi connectivity index (χ1) is 8.49. The van der Waals surface area contributed by atoms with Crippen LogP contribution in [0.4, 0.5) is 8.78 Å². The van der Waals surface area contributed by atoms with Crippen LogP contribution in [-0.2, 0) is 16.0 Å². The van der Waals surface area contributed by atoms with Crippen molar-refractivity contribution in [2.45, 2.75) is 26.7 Å². The van der Waals surface area contributed by atoms with E-state index >= 15 is 0 Å². The molecule has 1 aromatic rings. The minimum atomic E-state index is -2.63. The number of hydrogen-bond acceptors (Lipinski definition) is 3. The van der Waals surface area contributed by atoms with Gasteiger partial charge in [0.05, 0.1) is 24.7 Å². The van der Waals surface area contributed by atoms with Crippen molar-refractivity contribution in [3.63, 3.8) is 0 Å². The molecule has 0 aromatic heterocycles. The summed E-state index contributed by atoms with van der Waals surface area (Å²) in [6.07, 6.45) is -2.80. The van der Waals surface area contributed by atoms with Crippen LogP contribution in [0.15, 0.2) is 12.1 Å². The van der Waals surface area contributed by atoms with E-state index in [-0.39, 0.29) is 29.7 Å². The molecule has 0 amide bonds. The monoisotopic (exact) mass is 253 g/mol. The van der Waals surface area contributed by atoms with E-state index in [0.717, 1.165) is 0 Å². The highest BCUT2D eigenvalue weighted by Gasteiger charge is 2.16. The summed E-state index contributed by atoms with van der Waals surface area (Å²) in [5.41, 5.74) is 0.791. The highest BCUT2D eigenvalue weighted by atomic mass is 19.3. The predicted octanol–water partition coefficient (Wildman–Crippen LogP) is 2.91. The second-order valence-corrected chi connectivity index (χ2v) is 3.77. The fraction of sp³-hybridized carbons (Fsp3) is 0.385. The molecule has 0 aliphatic heterocycles. The summed E-state index contributed by atoms with van der Waals surface area (Å²) >= 11 is 0. The van der Waals surface area contributed by atoms with Crippen LogP contribution >= 0.6 is 0 Å². The fourth-order valence-corrected chi connectivity index (χ4v) is 1.68. The van der Waals surface area contributed by atoms with E-state index in [4.69, 9.17) is 10.00 Å². The Hall–Kier alpha value is -1.96. The zero-order valence-corrected chi connectivity index (χ0v) is 10.2. The molecular formula is C13H13F2NO2. The summed E-state index contributed by atoms with van der Waals surface area (Å²) in [6, 6.07) is 4.37. The molecule has 0 aliphatic carbocycles. The molecule has 5 heteroatoms. The van der Waals surface area contributed by atoms with Gasteiger partial charge >= 0.3 is 5.97 Å². The van der Waals surface area contributed by atoms with Gasteiger partial charge in [0.15, 0.2) is 0 Å². The highest BCUT2D eigenvalue weighted by molar-refractivity contribution is 5.74. The molecule has 0 radical (unpaired) electrons.